The molecule has 5 nitrogen and oxygen atoms in total. The van der Waals surface area contributed by atoms with Crippen LogP contribution in [0.25, 0.3) is 0 Å². The molecule has 0 aliphatic rings. The molecule has 0 spiro atoms. The van der Waals surface area contributed by atoms with Gasteiger partial charge >= 0.3 is 0 Å². The van der Waals surface area contributed by atoms with Gasteiger partial charge in [0.1, 0.15) is 0 Å². The Morgan fingerprint density at radius 3 is 1.75 bits per heavy atom. The highest BCUT2D eigenvalue weighted by Crippen LogP contribution is 2.07. The molecule has 1 atom stereocenters. The molecule has 0 heterocycles. The average molecular weight is 389 g/mol. The lowest BCUT2D eigenvalue weighted by molar-refractivity contribution is 0.0850. The van der Waals surface area contributed by atoms with Crippen LogP contribution in [0, 0.1) is 0 Å². The number of para-hydroxylation sites is 1. The lowest BCUT2D eigenvalue weighted by Gasteiger charge is -2.21. The number of hydrogen-bond donors (Lipinski definition) is 3. The number of hydrogen-bond acceptors (Lipinski definition) is 3. The molecule has 0 fully saturated rings. The van der Waals surface area contributed by atoms with E-state index in [1.54, 1.807) is 48.5 Å². The van der Waals surface area contributed by atoms with E-state index in [1.165, 1.54) is 0 Å². The third-order valence-electron chi connectivity index (χ3n) is 3.94. The van der Waals surface area contributed by atoms with Crippen molar-refractivity contribution < 1.29 is 9.59 Å². The normalized spacial score (nSPS) is 11.1. The van der Waals surface area contributed by atoms with Gasteiger partial charge in [0.05, 0.1) is 0 Å². The fourth-order valence-electron chi connectivity index (χ4n) is 2.56. The molecule has 0 aliphatic heterocycles. The van der Waals surface area contributed by atoms with E-state index < -0.39 is 6.17 Å². The van der Waals surface area contributed by atoms with Crippen LogP contribution in [0.5, 0.6) is 0 Å². The first-order chi connectivity index (χ1) is 13.6. The number of benzene rings is 3. The van der Waals surface area contributed by atoms with E-state index in [9.17, 15) is 9.59 Å². The van der Waals surface area contributed by atoms with E-state index in [4.69, 9.17) is 12.2 Å². The Labute approximate surface area is 168 Å². The third kappa shape index (κ3) is 5.25. The molecule has 0 saturated heterocycles. The van der Waals surface area contributed by atoms with Crippen LogP contribution in [0.15, 0.2) is 91.0 Å². The second-order valence-electron chi connectivity index (χ2n) is 5.97. The minimum absolute atomic E-state index is 0.230. The van der Waals surface area contributed by atoms with E-state index in [2.05, 4.69) is 16.0 Å². The lowest BCUT2D eigenvalue weighted by atomic mass is 10.1. The molecular formula is C22H19N3O2S. The van der Waals surface area contributed by atoms with Crippen molar-refractivity contribution in [2.45, 2.75) is 6.17 Å². The minimum Gasteiger partial charge on any atom is -0.336 e. The maximum atomic E-state index is 12.9. The fraction of sp³-hybridized carbons (Fsp3) is 0.0455. The number of ketones is 1. The molecule has 0 bridgehead atoms. The molecule has 3 aromatic carbocycles. The molecule has 0 aromatic heterocycles. The van der Waals surface area contributed by atoms with Gasteiger partial charge in [0.15, 0.2) is 11.3 Å². The lowest BCUT2D eigenvalue weighted by Crippen LogP contribution is -2.53. The molecule has 6 heteroatoms. The summed E-state index contributed by atoms with van der Waals surface area (Å²) in [6.07, 6.45) is -1.01. The second kappa shape index (κ2) is 9.43. The van der Waals surface area contributed by atoms with Crippen molar-refractivity contribution >= 4 is 34.7 Å². The van der Waals surface area contributed by atoms with Crippen LogP contribution in [-0.4, -0.2) is 23.0 Å². The number of thiocarbonyl (C=S) groups is 1. The summed E-state index contributed by atoms with van der Waals surface area (Å²) in [4.78, 5) is 25.5. The van der Waals surface area contributed by atoms with E-state index in [-0.39, 0.29) is 16.8 Å². The molecule has 3 N–H and O–H groups in total. The summed E-state index contributed by atoms with van der Waals surface area (Å²) >= 11 is 5.33. The molecule has 0 aliphatic carbocycles. The molecule has 1 amide bonds. The van der Waals surface area contributed by atoms with Gasteiger partial charge in [0, 0.05) is 16.8 Å². The van der Waals surface area contributed by atoms with Crippen LogP contribution in [0.1, 0.15) is 20.7 Å². The SMILES string of the molecule is O=C(NC(NC(=S)Nc1ccccc1)C(=O)c1ccccc1)c1ccccc1. The standard InChI is InChI=1S/C22H19N3O2S/c26-19(16-10-4-1-5-11-16)20(24-21(27)17-12-6-2-7-13-17)25-22(28)23-18-14-8-3-9-15-18/h1-15,20H,(H,24,27)(H2,23,25,28). The Kier molecular flexibility index (Phi) is 6.49. The van der Waals surface area contributed by atoms with Crippen LogP contribution in [-0.2, 0) is 0 Å². The topological polar surface area (TPSA) is 70.2 Å². The monoisotopic (exact) mass is 389 g/mol. The smallest absolute Gasteiger partial charge is 0.253 e. The van der Waals surface area contributed by atoms with Crippen molar-refractivity contribution in [1.29, 1.82) is 0 Å². The first-order valence-corrected chi connectivity index (χ1v) is 9.12. The van der Waals surface area contributed by atoms with Gasteiger partial charge in [-0.3, -0.25) is 9.59 Å². The number of nitrogens with one attached hydrogen (secondary N) is 3. The van der Waals surface area contributed by atoms with Crippen molar-refractivity contribution in [3.8, 4) is 0 Å². The zero-order chi connectivity index (χ0) is 19.8. The predicted octanol–water partition coefficient (Wildman–Crippen LogP) is 3.61. The second-order valence-corrected chi connectivity index (χ2v) is 6.38. The molecule has 28 heavy (non-hydrogen) atoms. The summed E-state index contributed by atoms with van der Waals surface area (Å²) in [5.74, 6) is -0.660. The quantitative estimate of drug-likeness (QED) is 0.341. The van der Waals surface area contributed by atoms with E-state index in [0.717, 1.165) is 5.69 Å². The van der Waals surface area contributed by atoms with Crippen molar-refractivity contribution in [1.82, 2.24) is 10.6 Å². The summed E-state index contributed by atoms with van der Waals surface area (Å²) in [5.41, 5.74) is 1.70. The Morgan fingerprint density at radius 1 is 0.679 bits per heavy atom. The largest absolute Gasteiger partial charge is 0.336 e. The molecule has 1 unspecified atom stereocenters. The predicted molar refractivity (Wildman–Crippen MR) is 114 cm³/mol. The van der Waals surface area contributed by atoms with Gasteiger partial charge in [-0.2, -0.15) is 0 Å². The molecule has 3 rings (SSSR count). The number of Topliss-reactive ketones (excluding diaryl/α,β-unsaturated/α-hetero) is 1. The fourth-order valence-corrected chi connectivity index (χ4v) is 2.80. The van der Waals surface area contributed by atoms with Gasteiger partial charge < -0.3 is 16.0 Å². The summed E-state index contributed by atoms with van der Waals surface area (Å²) < 4.78 is 0. The maximum absolute atomic E-state index is 12.9. The Hall–Kier alpha value is -3.51. The van der Waals surface area contributed by atoms with Gasteiger partial charge in [-0.05, 0) is 36.5 Å². The van der Waals surface area contributed by atoms with Gasteiger partial charge in [0.2, 0.25) is 5.78 Å². The molecular weight excluding hydrogens is 370 g/mol. The van der Waals surface area contributed by atoms with Gasteiger partial charge in [-0.15, -0.1) is 0 Å². The summed E-state index contributed by atoms with van der Waals surface area (Å²) in [5, 5.41) is 8.86. The third-order valence-corrected chi connectivity index (χ3v) is 4.16. The summed E-state index contributed by atoms with van der Waals surface area (Å²) in [6.45, 7) is 0. The first-order valence-electron chi connectivity index (χ1n) is 8.71. The zero-order valence-corrected chi connectivity index (χ0v) is 15.8. The van der Waals surface area contributed by atoms with E-state index in [1.807, 2.05) is 42.5 Å². The summed E-state index contributed by atoms with van der Waals surface area (Å²) in [6, 6.07) is 26.8. The number of anilines is 1. The van der Waals surface area contributed by atoms with Crippen LogP contribution >= 0.6 is 12.2 Å². The Bertz CT molecular complexity index is 947. The maximum Gasteiger partial charge on any atom is 0.253 e. The summed E-state index contributed by atoms with van der Waals surface area (Å²) in [7, 11) is 0. The van der Waals surface area contributed by atoms with Gasteiger partial charge in [-0.25, -0.2) is 0 Å². The van der Waals surface area contributed by atoms with Crippen LogP contribution in [0.4, 0.5) is 5.69 Å². The molecule has 140 valence electrons. The van der Waals surface area contributed by atoms with Crippen LogP contribution in [0.3, 0.4) is 0 Å². The van der Waals surface area contributed by atoms with Crippen LogP contribution < -0.4 is 16.0 Å². The average Bonchev–Trinajstić information content (AvgIpc) is 2.74. The number of rotatable bonds is 6. The van der Waals surface area contributed by atoms with Crippen molar-refractivity contribution in [3.63, 3.8) is 0 Å². The highest BCUT2D eigenvalue weighted by Gasteiger charge is 2.23. The molecule has 0 saturated carbocycles. The number of amides is 1. The van der Waals surface area contributed by atoms with Gasteiger partial charge in [-0.1, -0.05) is 66.7 Å². The molecule has 0 radical (unpaired) electrons. The first kappa shape index (κ1) is 19.3. The highest BCUT2D eigenvalue weighted by molar-refractivity contribution is 7.80. The number of carbonyl (C=O) groups is 2. The number of carbonyl (C=O) groups excluding carboxylic acids is 2. The Morgan fingerprint density at radius 2 is 1.18 bits per heavy atom. The van der Waals surface area contributed by atoms with E-state index >= 15 is 0 Å². The van der Waals surface area contributed by atoms with Gasteiger partial charge in [0.25, 0.3) is 5.91 Å². The van der Waals surface area contributed by atoms with Crippen molar-refractivity contribution in [2.24, 2.45) is 0 Å². The Balaban J connectivity index is 1.76. The zero-order valence-electron chi connectivity index (χ0n) is 15.0. The van der Waals surface area contributed by atoms with E-state index in [0.29, 0.717) is 11.1 Å². The van der Waals surface area contributed by atoms with Crippen LogP contribution in [0.2, 0.25) is 0 Å². The molecule has 3 aromatic rings. The van der Waals surface area contributed by atoms with Crippen molar-refractivity contribution in [3.05, 3.63) is 102 Å². The highest BCUT2D eigenvalue weighted by atomic mass is 32.1. The minimum atomic E-state index is -1.01. The van der Waals surface area contributed by atoms with Crippen molar-refractivity contribution in [2.75, 3.05) is 5.32 Å².